The maximum atomic E-state index is 8.38. The minimum absolute atomic E-state index is 0.218. The van der Waals surface area contributed by atoms with Gasteiger partial charge in [-0.1, -0.05) is 5.41 Å². The smallest absolute Gasteiger partial charge is 0.164 e. The first-order valence-electron chi connectivity index (χ1n) is 2.41. The lowest BCUT2D eigenvalue weighted by Gasteiger charge is -1.87. The van der Waals surface area contributed by atoms with E-state index in [2.05, 4.69) is 10.2 Å². The molecule has 0 saturated heterocycles. The number of nitrogens with zero attached hydrogens (tertiary/aromatic N) is 3. The average molecular weight is 121 g/mol. The largest absolute Gasteiger partial charge is 0.381 e. The molecule has 1 rings (SSSR count). The van der Waals surface area contributed by atoms with E-state index < -0.39 is 0 Å². The van der Waals surface area contributed by atoms with Gasteiger partial charge in [0.1, 0.15) is 5.57 Å². The molecule has 0 spiro atoms. The third kappa shape index (κ3) is 0.752. The van der Waals surface area contributed by atoms with Crippen LogP contribution in [0.4, 0.5) is 0 Å². The molecule has 4 heteroatoms. The first kappa shape index (κ1) is 5.72. The van der Waals surface area contributed by atoms with E-state index in [0.717, 1.165) is 0 Å². The zero-order chi connectivity index (χ0) is 6.85. The Labute approximate surface area is 52.3 Å². The van der Waals surface area contributed by atoms with Crippen LogP contribution in [0.3, 0.4) is 0 Å². The van der Waals surface area contributed by atoms with Gasteiger partial charge in [0.05, 0.1) is 5.71 Å². The Bertz CT molecular complexity index is 222. The summed E-state index contributed by atoms with van der Waals surface area (Å²) in [5, 5.41) is 15.5. The summed E-state index contributed by atoms with van der Waals surface area (Å²) in [7, 11) is 0. The summed E-state index contributed by atoms with van der Waals surface area (Å²) in [6.07, 6.45) is 0. The van der Waals surface area contributed by atoms with E-state index in [0.29, 0.717) is 11.3 Å². The molecule has 1 aliphatic rings. The van der Waals surface area contributed by atoms with Gasteiger partial charge in [-0.15, -0.1) is 5.10 Å². The van der Waals surface area contributed by atoms with E-state index in [4.69, 9.17) is 11.1 Å². The zero-order valence-corrected chi connectivity index (χ0v) is 4.92. The van der Waals surface area contributed by atoms with Crippen molar-refractivity contribution < 1.29 is 0 Å². The highest BCUT2D eigenvalue weighted by atomic mass is 15.3. The Morgan fingerprint density at radius 3 is 2.44 bits per heavy atom. The lowest BCUT2D eigenvalue weighted by Crippen LogP contribution is -2.15. The molecule has 1 heterocycles. The molecule has 0 atom stereocenters. The first-order chi connectivity index (χ1) is 4.25. The van der Waals surface area contributed by atoms with E-state index >= 15 is 0 Å². The fourth-order valence-corrected chi connectivity index (χ4v) is 0.552. The molecule has 0 unspecified atom stereocenters. The summed E-state index contributed by atoms with van der Waals surface area (Å²) in [5.41, 5.74) is 6.23. The summed E-state index contributed by atoms with van der Waals surface area (Å²) in [6.45, 7) is 1.70. The predicted molar refractivity (Wildman–Crippen MR) is 35.4 cm³/mol. The van der Waals surface area contributed by atoms with E-state index in [1.54, 1.807) is 6.92 Å². The first-order valence-corrected chi connectivity index (χ1v) is 2.41. The molecule has 0 amide bonds. The highest BCUT2D eigenvalue weighted by Gasteiger charge is 2.11. The van der Waals surface area contributed by atoms with Crippen LogP contribution in [0, 0.1) is 0 Å². The van der Waals surface area contributed by atoms with Crippen molar-refractivity contribution in [3.8, 4) is 0 Å². The monoisotopic (exact) mass is 121 g/mol. The topological polar surface area (TPSA) is 73.0 Å². The highest BCUT2D eigenvalue weighted by Crippen LogP contribution is 2.01. The fourth-order valence-electron chi connectivity index (χ4n) is 0.552. The SMILES string of the molecule is CC1=NN=C(N)C1=C=[N]. The lowest BCUT2D eigenvalue weighted by atomic mass is 10.2. The number of hydrogen-bond donors (Lipinski definition) is 1. The van der Waals surface area contributed by atoms with Crippen LogP contribution in [-0.4, -0.2) is 17.4 Å². The van der Waals surface area contributed by atoms with Gasteiger partial charge in [-0.05, 0) is 6.92 Å². The molecule has 2 N–H and O–H groups in total. The van der Waals surface area contributed by atoms with Crippen molar-refractivity contribution in [2.24, 2.45) is 15.9 Å². The molecule has 9 heavy (non-hydrogen) atoms. The molecule has 0 aliphatic carbocycles. The lowest BCUT2D eigenvalue weighted by molar-refractivity contribution is 1.25. The third-order valence-corrected chi connectivity index (χ3v) is 1.04. The molecule has 1 aliphatic heterocycles. The van der Waals surface area contributed by atoms with Crippen molar-refractivity contribution in [3.05, 3.63) is 5.57 Å². The molecule has 1 radical (unpaired) electrons. The van der Waals surface area contributed by atoms with Gasteiger partial charge in [0, 0.05) is 5.87 Å². The van der Waals surface area contributed by atoms with Crippen molar-refractivity contribution in [3.63, 3.8) is 0 Å². The summed E-state index contributed by atoms with van der Waals surface area (Å²) in [6, 6.07) is 0. The molecule has 0 aromatic rings. The third-order valence-electron chi connectivity index (χ3n) is 1.04. The second-order valence-corrected chi connectivity index (χ2v) is 1.66. The second kappa shape index (κ2) is 1.84. The molecule has 0 saturated carbocycles. The van der Waals surface area contributed by atoms with Gasteiger partial charge in [-0.25, -0.2) is 0 Å². The maximum absolute atomic E-state index is 8.38. The molecule has 4 nitrogen and oxygen atoms in total. The highest BCUT2D eigenvalue weighted by molar-refractivity contribution is 6.29. The van der Waals surface area contributed by atoms with E-state index in [-0.39, 0.29) is 5.84 Å². The van der Waals surface area contributed by atoms with Gasteiger partial charge in [0.2, 0.25) is 0 Å². The van der Waals surface area contributed by atoms with Gasteiger partial charge in [0.15, 0.2) is 5.84 Å². The zero-order valence-electron chi connectivity index (χ0n) is 4.92. The Morgan fingerprint density at radius 1 is 1.56 bits per heavy atom. The molecule has 0 fully saturated rings. The summed E-state index contributed by atoms with van der Waals surface area (Å²) >= 11 is 0. The number of nitrogens with two attached hydrogens (primary N) is 1. The van der Waals surface area contributed by atoms with Crippen LogP contribution in [0.25, 0.3) is 0 Å². The Morgan fingerprint density at radius 2 is 2.22 bits per heavy atom. The van der Waals surface area contributed by atoms with Crippen LogP contribution in [0.2, 0.25) is 0 Å². The Hall–Kier alpha value is -1.41. The molecule has 0 bridgehead atoms. The fraction of sp³-hybridized carbons (Fsp3) is 0.200. The van der Waals surface area contributed by atoms with Gasteiger partial charge >= 0.3 is 0 Å². The van der Waals surface area contributed by atoms with Crippen molar-refractivity contribution in [1.82, 2.24) is 5.41 Å². The minimum atomic E-state index is 0.218. The Balaban J connectivity index is 3.11. The summed E-state index contributed by atoms with van der Waals surface area (Å²) in [4.78, 5) is 0. The van der Waals surface area contributed by atoms with Crippen LogP contribution in [0.1, 0.15) is 6.92 Å². The second-order valence-electron chi connectivity index (χ2n) is 1.66. The molecule has 45 valence electrons. The van der Waals surface area contributed by atoms with Gasteiger partial charge < -0.3 is 5.73 Å². The predicted octanol–water partition coefficient (Wildman–Crippen LogP) is -0.871. The molecular weight excluding hydrogens is 116 g/mol. The molecular formula is C5H5N4. The number of rotatable bonds is 0. The average Bonchev–Trinajstić information content (AvgIpc) is 2.12. The van der Waals surface area contributed by atoms with E-state index in [1.807, 2.05) is 5.87 Å². The van der Waals surface area contributed by atoms with Gasteiger partial charge in [-0.3, -0.25) is 0 Å². The van der Waals surface area contributed by atoms with Crippen LogP contribution in [0.5, 0.6) is 0 Å². The van der Waals surface area contributed by atoms with Crippen LogP contribution >= 0.6 is 0 Å². The molecule has 0 aromatic heterocycles. The summed E-state index contributed by atoms with van der Waals surface area (Å²) < 4.78 is 0. The summed E-state index contributed by atoms with van der Waals surface area (Å²) in [5.74, 6) is 2.11. The van der Waals surface area contributed by atoms with Crippen molar-refractivity contribution in [2.75, 3.05) is 0 Å². The quantitative estimate of drug-likeness (QED) is 0.415. The minimum Gasteiger partial charge on any atom is -0.381 e. The number of amidine groups is 1. The Kier molecular flexibility index (Phi) is 1.17. The maximum Gasteiger partial charge on any atom is 0.164 e. The van der Waals surface area contributed by atoms with Crippen molar-refractivity contribution in [2.45, 2.75) is 6.92 Å². The van der Waals surface area contributed by atoms with E-state index in [9.17, 15) is 0 Å². The van der Waals surface area contributed by atoms with Crippen molar-refractivity contribution >= 4 is 17.4 Å². The van der Waals surface area contributed by atoms with Gasteiger partial charge in [-0.2, -0.15) is 5.10 Å². The van der Waals surface area contributed by atoms with E-state index in [1.165, 1.54) is 0 Å². The van der Waals surface area contributed by atoms with Gasteiger partial charge in [0.25, 0.3) is 0 Å². The number of hydrogen-bond acceptors (Lipinski definition) is 3. The van der Waals surface area contributed by atoms with Crippen LogP contribution in [-0.2, 0) is 0 Å². The van der Waals surface area contributed by atoms with Crippen LogP contribution in [0.15, 0.2) is 15.8 Å². The van der Waals surface area contributed by atoms with Crippen molar-refractivity contribution in [1.29, 1.82) is 0 Å². The normalized spacial score (nSPS) is 16.8. The standard InChI is InChI=1S/C5H5N4/c1-3-4(2-6)5(7)9-8-3/h1H3,(H2,7,9). The molecule has 0 aromatic carbocycles. The van der Waals surface area contributed by atoms with Crippen LogP contribution < -0.4 is 11.1 Å².